The summed E-state index contributed by atoms with van der Waals surface area (Å²) in [4.78, 5) is 0. The minimum absolute atomic E-state index is 0.0141. The van der Waals surface area contributed by atoms with Gasteiger partial charge in [0.2, 0.25) is 0 Å². The molecule has 0 saturated carbocycles. The van der Waals surface area contributed by atoms with Crippen LogP contribution in [0.1, 0.15) is 72.3 Å². The van der Waals surface area contributed by atoms with Gasteiger partial charge in [-0.1, -0.05) is 177 Å². The zero-order chi connectivity index (χ0) is 40.4. The summed E-state index contributed by atoms with van der Waals surface area (Å²) in [6.45, 7) is 4.98. The van der Waals surface area contributed by atoms with E-state index in [1.54, 1.807) is 16.7 Å². The molecule has 292 valence electrons. The molecule has 7 aromatic carbocycles. The third kappa shape index (κ3) is 5.25. The van der Waals surface area contributed by atoms with E-state index in [9.17, 15) is 0 Å². The summed E-state index contributed by atoms with van der Waals surface area (Å²) in [5.74, 6) is 1.69. The van der Waals surface area contributed by atoms with E-state index < -0.39 is 0 Å². The molecule has 9 aromatic rings. The molecule has 4 atom stereocenters. The highest BCUT2D eigenvalue weighted by molar-refractivity contribution is 7.25. The van der Waals surface area contributed by atoms with E-state index >= 15 is 0 Å². The number of rotatable bonds is 5. The molecule has 4 aliphatic rings. The monoisotopic (exact) mass is 799 g/mol. The van der Waals surface area contributed by atoms with Gasteiger partial charge in [-0.25, -0.2) is 0 Å². The van der Waals surface area contributed by atoms with Crippen LogP contribution < -0.4 is 0 Å². The summed E-state index contributed by atoms with van der Waals surface area (Å²) in [5, 5.41) is 5.48. The molecule has 0 fully saturated rings. The average molecular weight is 800 g/mol. The normalized spacial score (nSPS) is 21.0. The Balaban J connectivity index is 0.837. The zero-order valence-electron chi connectivity index (χ0n) is 34.5. The van der Waals surface area contributed by atoms with Crippen molar-refractivity contribution in [3.63, 3.8) is 0 Å². The Morgan fingerprint density at radius 1 is 0.623 bits per heavy atom. The maximum atomic E-state index is 2.63. The molecule has 1 nitrogen and oxygen atoms in total. The van der Waals surface area contributed by atoms with Crippen LogP contribution in [0.25, 0.3) is 64.4 Å². The Morgan fingerprint density at radius 3 is 2.21 bits per heavy atom. The predicted molar refractivity (Wildman–Crippen MR) is 259 cm³/mol. The van der Waals surface area contributed by atoms with Crippen LogP contribution in [0.2, 0.25) is 0 Å². The predicted octanol–water partition coefficient (Wildman–Crippen LogP) is 16.0. The molecule has 0 amide bonds. The van der Waals surface area contributed by atoms with Crippen LogP contribution in [0, 0.1) is 5.92 Å². The van der Waals surface area contributed by atoms with Crippen LogP contribution in [0.3, 0.4) is 0 Å². The average Bonchev–Trinajstić information content (AvgIpc) is 4.01. The maximum absolute atomic E-state index is 2.63. The number of hydrogen-bond donors (Lipinski definition) is 0. The molecular formula is C59H45NS. The Bertz CT molecular complexity index is 3400. The van der Waals surface area contributed by atoms with Crippen molar-refractivity contribution in [1.82, 2.24) is 4.57 Å². The lowest BCUT2D eigenvalue weighted by molar-refractivity contribution is 0.507. The van der Waals surface area contributed by atoms with Crippen LogP contribution >= 0.6 is 11.3 Å². The topological polar surface area (TPSA) is 4.93 Å². The van der Waals surface area contributed by atoms with Gasteiger partial charge >= 0.3 is 0 Å². The van der Waals surface area contributed by atoms with E-state index in [0.717, 1.165) is 12.8 Å². The van der Waals surface area contributed by atoms with Crippen molar-refractivity contribution < 1.29 is 0 Å². The number of thiophene rings is 1. The molecule has 61 heavy (non-hydrogen) atoms. The largest absolute Gasteiger partial charge is 0.309 e. The van der Waals surface area contributed by atoms with Gasteiger partial charge in [0.15, 0.2) is 0 Å². The molecular weight excluding hydrogens is 755 g/mol. The Hall–Kier alpha value is -6.48. The number of benzene rings is 7. The fourth-order valence-corrected chi connectivity index (χ4v) is 13.2. The van der Waals surface area contributed by atoms with Gasteiger partial charge < -0.3 is 4.57 Å². The summed E-state index contributed by atoms with van der Waals surface area (Å²) in [5.41, 5.74) is 17.9. The van der Waals surface area contributed by atoms with Gasteiger partial charge in [-0.05, 0) is 106 Å². The van der Waals surface area contributed by atoms with Crippen molar-refractivity contribution in [3.8, 4) is 16.8 Å². The van der Waals surface area contributed by atoms with E-state index in [2.05, 4.69) is 207 Å². The molecule has 2 heterocycles. The smallest absolute Gasteiger partial charge is 0.0547 e. The number of allylic oxidation sites excluding steroid dienone is 8. The second-order valence-electron chi connectivity index (χ2n) is 18.3. The Morgan fingerprint density at radius 2 is 1.34 bits per heavy atom. The van der Waals surface area contributed by atoms with E-state index in [1.807, 2.05) is 11.3 Å². The molecule has 0 spiro atoms. The lowest BCUT2D eigenvalue weighted by Gasteiger charge is -2.29. The standard InChI is InChI=1S/C59H45NS/c1-59(2)52-33-36(20-27-45(52)48-30-31-56-57(58(48)59)49-17-9-11-19-55(49)61-56)32-50-42-14-6-7-15-43(42)51-34-39(23-28-44(50)51)40-24-29-47-46-16-8-10-18-53(46)60(54(47)35-40)41-25-21-38(22-26-41)37-12-4-3-5-13-37/h3-26,28-31,33-35,44-45,50-51H,27,32H2,1-2H3. The highest BCUT2D eigenvalue weighted by Gasteiger charge is 2.45. The number of aromatic nitrogens is 1. The SMILES string of the molecule is CC1(C)C2=CC(CC3c4ccccc4C4C=C(c5ccc6c7ccccc7n(-c7ccc(-c8ccccc8)cc7)c6c5)C=CC43)=CCC2c2ccc3sc4ccccc4c3c21. The second kappa shape index (κ2) is 13.3. The molecule has 4 aliphatic carbocycles. The van der Waals surface area contributed by atoms with Crippen molar-refractivity contribution in [2.75, 3.05) is 0 Å². The van der Waals surface area contributed by atoms with Crippen molar-refractivity contribution in [2.24, 2.45) is 5.92 Å². The fraction of sp³-hybridized carbons (Fsp3) is 0.153. The highest BCUT2D eigenvalue weighted by atomic mass is 32.1. The van der Waals surface area contributed by atoms with Gasteiger partial charge in [0.05, 0.1) is 11.0 Å². The molecule has 0 aliphatic heterocycles. The zero-order valence-corrected chi connectivity index (χ0v) is 35.3. The first-order valence-corrected chi connectivity index (χ1v) is 22.9. The van der Waals surface area contributed by atoms with Gasteiger partial charge in [-0.2, -0.15) is 0 Å². The number of hydrogen-bond acceptors (Lipinski definition) is 1. The fourth-order valence-electron chi connectivity index (χ4n) is 12.0. The molecule has 0 N–H and O–H groups in total. The first-order valence-electron chi connectivity index (χ1n) is 22.0. The molecule has 0 radical (unpaired) electrons. The molecule has 0 saturated heterocycles. The van der Waals surface area contributed by atoms with Crippen LogP contribution in [0.15, 0.2) is 199 Å². The highest BCUT2D eigenvalue weighted by Crippen LogP contribution is 2.59. The minimum atomic E-state index is -0.0141. The van der Waals surface area contributed by atoms with Gasteiger partial charge in [-0.3, -0.25) is 0 Å². The van der Waals surface area contributed by atoms with E-state index in [-0.39, 0.29) is 5.41 Å². The van der Waals surface area contributed by atoms with Crippen molar-refractivity contribution >= 4 is 58.9 Å². The van der Waals surface area contributed by atoms with Crippen LogP contribution in [-0.4, -0.2) is 4.57 Å². The van der Waals surface area contributed by atoms with Gasteiger partial charge in [-0.15, -0.1) is 11.3 Å². The number of para-hydroxylation sites is 1. The molecule has 4 unspecified atom stereocenters. The van der Waals surface area contributed by atoms with E-state index in [0.29, 0.717) is 23.7 Å². The summed E-state index contributed by atoms with van der Waals surface area (Å²) in [6, 6.07) is 58.9. The van der Waals surface area contributed by atoms with Crippen molar-refractivity contribution in [3.05, 3.63) is 227 Å². The van der Waals surface area contributed by atoms with Crippen molar-refractivity contribution in [1.29, 1.82) is 0 Å². The summed E-state index contributed by atoms with van der Waals surface area (Å²) in [6.07, 6.45) is 14.9. The second-order valence-corrected chi connectivity index (χ2v) is 19.4. The Kier molecular flexibility index (Phi) is 7.67. The lowest BCUT2D eigenvalue weighted by atomic mass is 9.74. The molecule has 2 aromatic heterocycles. The minimum Gasteiger partial charge on any atom is -0.309 e. The lowest BCUT2D eigenvalue weighted by Crippen LogP contribution is -2.19. The molecule has 13 rings (SSSR count). The van der Waals surface area contributed by atoms with Gasteiger partial charge in [0, 0.05) is 53.9 Å². The first kappa shape index (κ1) is 35.3. The van der Waals surface area contributed by atoms with E-state index in [4.69, 9.17) is 0 Å². The molecule has 2 heteroatoms. The van der Waals surface area contributed by atoms with Crippen LogP contribution in [-0.2, 0) is 5.41 Å². The van der Waals surface area contributed by atoms with Crippen molar-refractivity contribution in [2.45, 2.75) is 49.9 Å². The van der Waals surface area contributed by atoms with E-state index in [1.165, 1.54) is 86.6 Å². The van der Waals surface area contributed by atoms with Gasteiger partial charge in [0.25, 0.3) is 0 Å². The summed E-state index contributed by atoms with van der Waals surface area (Å²) in [7, 11) is 0. The first-order chi connectivity index (χ1) is 30.0. The third-order valence-electron chi connectivity index (χ3n) is 14.8. The van der Waals surface area contributed by atoms with Crippen LogP contribution in [0.5, 0.6) is 0 Å². The molecule has 0 bridgehead atoms. The number of fused-ring (bicyclic) bond motifs is 13. The summed E-state index contributed by atoms with van der Waals surface area (Å²) < 4.78 is 5.26. The van der Waals surface area contributed by atoms with Crippen LogP contribution in [0.4, 0.5) is 0 Å². The quantitative estimate of drug-likeness (QED) is 0.163. The maximum Gasteiger partial charge on any atom is 0.0547 e. The van der Waals surface area contributed by atoms with Gasteiger partial charge in [0.1, 0.15) is 0 Å². The number of nitrogens with zero attached hydrogens (tertiary/aromatic N) is 1. The Labute approximate surface area is 361 Å². The third-order valence-corrected chi connectivity index (χ3v) is 16.0. The summed E-state index contributed by atoms with van der Waals surface area (Å²) >= 11 is 1.94.